The van der Waals surface area contributed by atoms with Crippen LogP contribution in [0.25, 0.3) is 0 Å². The molecule has 1 aromatic carbocycles. The quantitative estimate of drug-likeness (QED) is 0.717. The first kappa shape index (κ1) is 22.6. The van der Waals surface area contributed by atoms with Crippen molar-refractivity contribution in [1.82, 2.24) is 9.80 Å². The van der Waals surface area contributed by atoms with E-state index in [0.717, 1.165) is 58.0 Å². The van der Waals surface area contributed by atoms with Gasteiger partial charge in [-0.1, -0.05) is 45.2 Å². The van der Waals surface area contributed by atoms with Crippen molar-refractivity contribution < 1.29 is 14.3 Å². The van der Waals surface area contributed by atoms with Gasteiger partial charge in [-0.15, -0.1) is 0 Å². The molecular weight excluding hydrogens is 376 g/mol. The van der Waals surface area contributed by atoms with Crippen LogP contribution in [0.5, 0.6) is 5.75 Å². The number of hydrogen-bond acceptors (Lipinski definition) is 3. The van der Waals surface area contributed by atoms with E-state index in [1.807, 2.05) is 36.1 Å². The van der Waals surface area contributed by atoms with Crippen LogP contribution in [0.1, 0.15) is 76.1 Å². The van der Waals surface area contributed by atoms with Crippen LogP contribution >= 0.6 is 0 Å². The molecule has 3 rings (SSSR count). The standard InChI is InChI=1S/C25H38N2O3/c1-4-26-16-9-5-6-10-17-27(24(28)20-12-11-13-20)22(19(2)3)18-30-23-15-8-7-14-21(23)25(26)29/h7-8,14-15,19-20,22H,4-6,9-13,16-18H2,1-3H3/t22-/m1/s1. The van der Waals surface area contributed by atoms with Gasteiger partial charge >= 0.3 is 0 Å². The van der Waals surface area contributed by atoms with Crippen molar-refractivity contribution in [3.63, 3.8) is 0 Å². The van der Waals surface area contributed by atoms with E-state index in [4.69, 9.17) is 4.74 Å². The molecule has 0 N–H and O–H groups in total. The Bertz CT molecular complexity index is 714. The number of ether oxygens (including phenoxy) is 1. The number of nitrogens with zero attached hydrogens (tertiary/aromatic N) is 2. The van der Waals surface area contributed by atoms with Crippen LogP contribution in [-0.4, -0.2) is 53.9 Å². The molecule has 166 valence electrons. The Morgan fingerprint density at radius 1 is 1.07 bits per heavy atom. The summed E-state index contributed by atoms with van der Waals surface area (Å²) in [6.45, 7) is 9.05. The maximum absolute atomic E-state index is 13.2. The van der Waals surface area contributed by atoms with Gasteiger partial charge in [0.2, 0.25) is 5.91 Å². The fraction of sp³-hybridized carbons (Fsp3) is 0.680. The average molecular weight is 415 g/mol. The van der Waals surface area contributed by atoms with Crippen LogP contribution in [0.3, 0.4) is 0 Å². The zero-order valence-electron chi connectivity index (χ0n) is 18.9. The van der Waals surface area contributed by atoms with Gasteiger partial charge in [0.1, 0.15) is 12.4 Å². The van der Waals surface area contributed by atoms with Crippen LogP contribution < -0.4 is 4.74 Å². The van der Waals surface area contributed by atoms with Gasteiger partial charge in [0.15, 0.2) is 0 Å². The highest BCUT2D eigenvalue weighted by Crippen LogP contribution is 2.31. The van der Waals surface area contributed by atoms with Crippen LogP contribution in [0, 0.1) is 11.8 Å². The third kappa shape index (κ3) is 5.35. The number of carbonyl (C=O) groups is 2. The minimum atomic E-state index is 0.0199. The second kappa shape index (κ2) is 10.8. The summed E-state index contributed by atoms with van der Waals surface area (Å²) >= 11 is 0. The van der Waals surface area contributed by atoms with Gasteiger partial charge in [0.25, 0.3) is 5.91 Å². The zero-order valence-corrected chi connectivity index (χ0v) is 18.9. The number of fused-ring (bicyclic) bond motifs is 1. The minimum Gasteiger partial charge on any atom is -0.491 e. The normalized spacial score (nSPS) is 22.1. The molecule has 1 fully saturated rings. The number of benzene rings is 1. The molecule has 1 aliphatic carbocycles. The fourth-order valence-corrected chi connectivity index (χ4v) is 4.43. The molecule has 1 aliphatic heterocycles. The van der Waals surface area contributed by atoms with Gasteiger partial charge in [0, 0.05) is 25.6 Å². The lowest BCUT2D eigenvalue weighted by Gasteiger charge is -2.39. The Labute approximate surface area is 181 Å². The number of amides is 2. The van der Waals surface area contributed by atoms with Crippen molar-refractivity contribution in [3.05, 3.63) is 29.8 Å². The van der Waals surface area contributed by atoms with Crippen molar-refractivity contribution in [2.24, 2.45) is 11.8 Å². The molecule has 1 saturated carbocycles. The van der Waals surface area contributed by atoms with Crippen molar-refractivity contribution in [1.29, 1.82) is 0 Å². The van der Waals surface area contributed by atoms with E-state index < -0.39 is 0 Å². The summed E-state index contributed by atoms with van der Waals surface area (Å²) in [5.41, 5.74) is 0.621. The molecule has 0 unspecified atom stereocenters. The van der Waals surface area contributed by atoms with Crippen LogP contribution in [0.15, 0.2) is 24.3 Å². The van der Waals surface area contributed by atoms with Gasteiger partial charge in [0.05, 0.1) is 11.6 Å². The molecule has 2 amide bonds. The summed E-state index contributed by atoms with van der Waals surface area (Å²) in [6.07, 6.45) is 7.38. The van der Waals surface area contributed by atoms with Crippen molar-refractivity contribution in [2.75, 3.05) is 26.2 Å². The molecule has 5 heteroatoms. The molecule has 1 aromatic rings. The fourth-order valence-electron chi connectivity index (χ4n) is 4.43. The molecule has 0 bridgehead atoms. The highest BCUT2D eigenvalue weighted by molar-refractivity contribution is 5.96. The lowest BCUT2D eigenvalue weighted by molar-refractivity contribution is -0.142. The first-order chi connectivity index (χ1) is 14.5. The number of carbonyl (C=O) groups excluding carboxylic acids is 2. The topological polar surface area (TPSA) is 49.9 Å². The highest BCUT2D eigenvalue weighted by atomic mass is 16.5. The van der Waals surface area contributed by atoms with Gasteiger partial charge in [-0.25, -0.2) is 0 Å². The van der Waals surface area contributed by atoms with Gasteiger partial charge < -0.3 is 14.5 Å². The Balaban J connectivity index is 1.86. The number of rotatable bonds is 3. The Kier molecular flexibility index (Phi) is 8.17. The van der Waals surface area contributed by atoms with Crippen LogP contribution in [0.2, 0.25) is 0 Å². The van der Waals surface area contributed by atoms with Gasteiger partial charge in [-0.2, -0.15) is 0 Å². The lowest BCUT2D eigenvalue weighted by atomic mass is 9.83. The number of para-hydroxylation sites is 1. The summed E-state index contributed by atoms with van der Waals surface area (Å²) in [4.78, 5) is 30.4. The predicted molar refractivity (Wildman–Crippen MR) is 120 cm³/mol. The summed E-state index contributed by atoms with van der Waals surface area (Å²) in [7, 11) is 0. The van der Waals surface area contributed by atoms with E-state index in [1.165, 1.54) is 0 Å². The largest absolute Gasteiger partial charge is 0.491 e. The maximum atomic E-state index is 13.2. The lowest BCUT2D eigenvalue weighted by Crippen LogP contribution is -2.50. The molecule has 0 aromatic heterocycles. The third-order valence-electron chi connectivity index (χ3n) is 6.68. The first-order valence-electron chi connectivity index (χ1n) is 11.8. The van der Waals surface area contributed by atoms with Crippen molar-refractivity contribution in [3.8, 4) is 5.75 Å². The predicted octanol–water partition coefficient (Wildman–Crippen LogP) is 4.75. The van der Waals surface area contributed by atoms with Crippen molar-refractivity contribution >= 4 is 11.8 Å². The van der Waals surface area contributed by atoms with E-state index in [-0.39, 0.29) is 23.8 Å². The molecule has 30 heavy (non-hydrogen) atoms. The highest BCUT2D eigenvalue weighted by Gasteiger charge is 2.34. The summed E-state index contributed by atoms with van der Waals surface area (Å²) < 4.78 is 6.24. The first-order valence-corrected chi connectivity index (χ1v) is 11.8. The second-order valence-corrected chi connectivity index (χ2v) is 9.08. The smallest absolute Gasteiger partial charge is 0.257 e. The van der Waals surface area contributed by atoms with E-state index in [1.54, 1.807) is 0 Å². The second-order valence-electron chi connectivity index (χ2n) is 9.08. The molecule has 1 heterocycles. The molecule has 0 saturated heterocycles. The summed E-state index contributed by atoms with van der Waals surface area (Å²) in [5.74, 6) is 1.44. The van der Waals surface area contributed by atoms with Gasteiger partial charge in [-0.3, -0.25) is 9.59 Å². The van der Waals surface area contributed by atoms with E-state index in [2.05, 4.69) is 18.7 Å². The van der Waals surface area contributed by atoms with Crippen LogP contribution in [0.4, 0.5) is 0 Å². The van der Waals surface area contributed by atoms with Gasteiger partial charge in [-0.05, 0) is 50.7 Å². The molecule has 0 spiro atoms. The van der Waals surface area contributed by atoms with Crippen molar-refractivity contribution in [2.45, 2.75) is 71.8 Å². The SMILES string of the molecule is CCN1CCCCCCN(C(=O)C2CCC2)[C@@H](C(C)C)COc2ccccc2C1=O. The zero-order chi connectivity index (χ0) is 21.5. The molecule has 0 radical (unpaired) electrons. The minimum absolute atomic E-state index is 0.0199. The Morgan fingerprint density at radius 3 is 2.40 bits per heavy atom. The maximum Gasteiger partial charge on any atom is 0.257 e. The van der Waals surface area contributed by atoms with E-state index in [0.29, 0.717) is 30.4 Å². The Hall–Kier alpha value is -2.04. The monoisotopic (exact) mass is 414 g/mol. The third-order valence-corrected chi connectivity index (χ3v) is 6.68. The average Bonchev–Trinajstić information content (AvgIpc) is 2.69. The summed E-state index contributed by atoms with van der Waals surface area (Å²) in [5, 5.41) is 0. The van der Waals surface area contributed by atoms with Crippen LogP contribution in [-0.2, 0) is 4.79 Å². The molecule has 1 atom stereocenters. The molecule has 2 aliphatic rings. The Morgan fingerprint density at radius 2 is 1.77 bits per heavy atom. The molecular formula is C25H38N2O3. The summed E-state index contributed by atoms with van der Waals surface area (Å²) in [6, 6.07) is 7.55. The van der Waals surface area contributed by atoms with E-state index in [9.17, 15) is 9.59 Å². The number of hydrogen-bond donors (Lipinski definition) is 0. The molecule has 5 nitrogen and oxygen atoms in total. The van der Waals surface area contributed by atoms with E-state index >= 15 is 0 Å².